The first-order chi connectivity index (χ1) is 6.11. The first-order valence-electron chi connectivity index (χ1n) is 4.39. The third-order valence-corrected chi connectivity index (χ3v) is 2.10. The summed E-state index contributed by atoms with van der Waals surface area (Å²) in [4.78, 5) is 25.2. The molecular formula is C8H15N3O2. The summed E-state index contributed by atoms with van der Waals surface area (Å²) < 4.78 is 0. The summed E-state index contributed by atoms with van der Waals surface area (Å²) in [5, 5.41) is 0. The number of carbonyl (C=O) groups is 2. The predicted octanol–water partition coefficient (Wildman–Crippen LogP) is -0.381. The summed E-state index contributed by atoms with van der Waals surface area (Å²) in [5.74, 6) is -0.477. The molecule has 1 aliphatic heterocycles. The average molecular weight is 185 g/mol. The van der Waals surface area contributed by atoms with Gasteiger partial charge in [0, 0.05) is 20.1 Å². The average Bonchev–Trinajstić information content (AvgIpc) is 2.53. The summed E-state index contributed by atoms with van der Waals surface area (Å²) in [6.07, 6.45) is 2.10. The summed E-state index contributed by atoms with van der Waals surface area (Å²) >= 11 is 0. The Morgan fingerprint density at radius 2 is 1.92 bits per heavy atom. The molecule has 0 spiro atoms. The molecule has 1 fully saturated rings. The van der Waals surface area contributed by atoms with Gasteiger partial charge in [-0.25, -0.2) is 4.79 Å². The van der Waals surface area contributed by atoms with Crippen molar-refractivity contribution in [1.29, 1.82) is 0 Å². The van der Waals surface area contributed by atoms with E-state index >= 15 is 0 Å². The topological polar surface area (TPSA) is 66.6 Å². The summed E-state index contributed by atoms with van der Waals surface area (Å²) in [6, 6.07) is -0.101. The highest BCUT2D eigenvalue weighted by molar-refractivity contribution is 5.82. The first-order valence-corrected chi connectivity index (χ1v) is 4.39. The molecule has 0 saturated carbocycles. The van der Waals surface area contributed by atoms with Crippen LogP contribution in [-0.2, 0) is 4.79 Å². The van der Waals surface area contributed by atoms with Crippen LogP contribution in [0, 0.1) is 0 Å². The van der Waals surface area contributed by atoms with Crippen molar-refractivity contribution >= 4 is 11.9 Å². The van der Waals surface area contributed by atoms with Crippen molar-refractivity contribution in [3.8, 4) is 0 Å². The molecular weight excluding hydrogens is 170 g/mol. The first kappa shape index (κ1) is 9.83. The van der Waals surface area contributed by atoms with Gasteiger partial charge >= 0.3 is 6.03 Å². The van der Waals surface area contributed by atoms with Crippen LogP contribution in [0.5, 0.6) is 0 Å². The smallest absolute Gasteiger partial charge is 0.320 e. The summed E-state index contributed by atoms with van der Waals surface area (Å²) in [7, 11) is 1.59. The highest BCUT2D eigenvalue weighted by Gasteiger charge is 2.21. The number of amides is 3. The molecule has 13 heavy (non-hydrogen) atoms. The van der Waals surface area contributed by atoms with Crippen LogP contribution in [-0.4, -0.2) is 48.4 Å². The quantitative estimate of drug-likeness (QED) is 0.637. The highest BCUT2D eigenvalue weighted by Crippen LogP contribution is 2.09. The molecule has 5 nitrogen and oxygen atoms in total. The van der Waals surface area contributed by atoms with Gasteiger partial charge in [0.05, 0.1) is 0 Å². The van der Waals surface area contributed by atoms with Crippen molar-refractivity contribution in [2.24, 2.45) is 5.73 Å². The maximum Gasteiger partial charge on any atom is 0.320 e. The minimum absolute atomic E-state index is 0.00463. The van der Waals surface area contributed by atoms with Gasteiger partial charge in [0.2, 0.25) is 5.91 Å². The van der Waals surface area contributed by atoms with Gasteiger partial charge in [-0.2, -0.15) is 0 Å². The fourth-order valence-corrected chi connectivity index (χ4v) is 1.45. The second-order valence-electron chi connectivity index (χ2n) is 3.30. The molecule has 0 aliphatic carbocycles. The Bertz CT molecular complexity index is 211. The second kappa shape index (κ2) is 4.11. The summed E-state index contributed by atoms with van der Waals surface area (Å²) in [5.41, 5.74) is 4.98. The van der Waals surface area contributed by atoms with E-state index in [1.54, 1.807) is 11.9 Å². The molecule has 1 heterocycles. The zero-order valence-corrected chi connectivity index (χ0v) is 7.82. The third-order valence-electron chi connectivity index (χ3n) is 2.10. The SMILES string of the molecule is CN(CC(N)=O)C(=O)N1CCCC1. The van der Waals surface area contributed by atoms with Crippen LogP contribution in [0.1, 0.15) is 12.8 Å². The number of hydrogen-bond donors (Lipinski definition) is 1. The van der Waals surface area contributed by atoms with E-state index in [0.29, 0.717) is 0 Å². The van der Waals surface area contributed by atoms with E-state index in [9.17, 15) is 9.59 Å². The lowest BCUT2D eigenvalue weighted by Gasteiger charge is -2.22. The van der Waals surface area contributed by atoms with Crippen LogP contribution in [0.3, 0.4) is 0 Å². The van der Waals surface area contributed by atoms with E-state index < -0.39 is 5.91 Å². The van der Waals surface area contributed by atoms with Gasteiger partial charge in [0.15, 0.2) is 0 Å². The van der Waals surface area contributed by atoms with E-state index in [2.05, 4.69) is 0 Å². The van der Waals surface area contributed by atoms with Crippen molar-refractivity contribution in [3.63, 3.8) is 0 Å². The van der Waals surface area contributed by atoms with Gasteiger partial charge in [0.25, 0.3) is 0 Å². The Hall–Kier alpha value is -1.26. The van der Waals surface area contributed by atoms with Crippen LogP contribution >= 0.6 is 0 Å². The molecule has 5 heteroatoms. The summed E-state index contributed by atoms with van der Waals surface area (Å²) in [6.45, 7) is 1.58. The largest absolute Gasteiger partial charge is 0.368 e. The van der Waals surface area contributed by atoms with Gasteiger partial charge in [-0.15, -0.1) is 0 Å². The molecule has 1 rings (SSSR count). The number of likely N-dealkylation sites (N-methyl/N-ethyl adjacent to an activating group) is 1. The van der Waals surface area contributed by atoms with E-state index in [-0.39, 0.29) is 12.6 Å². The van der Waals surface area contributed by atoms with E-state index in [1.807, 2.05) is 0 Å². The van der Waals surface area contributed by atoms with Gasteiger partial charge < -0.3 is 15.5 Å². The van der Waals surface area contributed by atoms with Crippen molar-refractivity contribution in [1.82, 2.24) is 9.80 Å². The monoisotopic (exact) mass is 185 g/mol. The van der Waals surface area contributed by atoms with E-state index in [4.69, 9.17) is 5.73 Å². The Kier molecular flexibility index (Phi) is 3.11. The van der Waals surface area contributed by atoms with Crippen LogP contribution in [0.2, 0.25) is 0 Å². The molecule has 0 aromatic carbocycles. The Morgan fingerprint density at radius 3 is 2.38 bits per heavy atom. The standard InChI is InChI=1S/C8H15N3O2/c1-10(6-7(9)12)8(13)11-4-2-3-5-11/h2-6H2,1H3,(H2,9,12). The maximum absolute atomic E-state index is 11.5. The number of nitrogens with two attached hydrogens (primary N) is 1. The zero-order valence-electron chi connectivity index (χ0n) is 7.82. The van der Waals surface area contributed by atoms with E-state index in [0.717, 1.165) is 25.9 Å². The van der Waals surface area contributed by atoms with Crippen molar-refractivity contribution < 1.29 is 9.59 Å². The van der Waals surface area contributed by atoms with Crippen molar-refractivity contribution in [2.75, 3.05) is 26.7 Å². The van der Waals surface area contributed by atoms with Gasteiger partial charge in [0.1, 0.15) is 6.54 Å². The molecule has 0 aromatic rings. The molecule has 3 amide bonds. The second-order valence-corrected chi connectivity index (χ2v) is 3.30. The minimum Gasteiger partial charge on any atom is -0.368 e. The van der Waals surface area contributed by atoms with Gasteiger partial charge in [-0.3, -0.25) is 4.79 Å². The Morgan fingerprint density at radius 1 is 1.38 bits per heavy atom. The van der Waals surface area contributed by atoms with E-state index in [1.165, 1.54) is 4.90 Å². The van der Waals surface area contributed by atoms with Crippen molar-refractivity contribution in [2.45, 2.75) is 12.8 Å². The zero-order chi connectivity index (χ0) is 9.84. The number of nitrogens with zero attached hydrogens (tertiary/aromatic N) is 2. The Labute approximate surface area is 77.5 Å². The number of carbonyl (C=O) groups excluding carboxylic acids is 2. The maximum atomic E-state index is 11.5. The number of hydrogen-bond acceptors (Lipinski definition) is 2. The van der Waals surface area contributed by atoms with Crippen LogP contribution in [0.25, 0.3) is 0 Å². The van der Waals surface area contributed by atoms with Crippen LogP contribution in [0.15, 0.2) is 0 Å². The molecule has 0 aromatic heterocycles. The molecule has 1 saturated heterocycles. The lowest BCUT2D eigenvalue weighted by molar-refractivity contribution is -0.118. The van der Waals surface area contributed by atoms with Crippen LogP contribution in [0.4, 0.5) is 4.79 Å². The molecule has 0 bridgehead atoms. The molecule has 74 valence electrons. The number of likely N-dealkylation sites (tertiary alicyclic amines) is 1. The van der Waals surface area contributed by atoms with Gasteiger partial charge in [-0.05, 0) is 12.8 Å². The van der Waals surface area contributed by atoms with Crippen LogP contribution < -0.4 is 5.73 Å². The fourth-order valence-electron chi connectivity index (χ4n) is 1.45. The predicted molar refractivity (Wildman–Crippen MR) is 48.0 cm³/mol. The van der Waals surface area contributed by atoms with Crippen molar-refractivity contribution in [3.05, 3.63) is 0 Å². The third kappa shape index (κ3) is 2.61. The normalized spacial score (nSPS) is 15.9. The Balaban J connectivity index is 2.41. The highest BCUT2D eigenvalue weighted by atomic mass is 16.2. The molecule has 0 radical (unpaired) electrons. The molecule has 1 aliphatic rings. The lowest BCUT2D eigenvalue weighted by atomic mass is 10.4. The molecule has 0 atom stereocenters. The van der Waals surface area contributed by atoms with Gasteiger partial charge in [-0.1, -0.05) is 0 Å². The molecule has 0 unspecified atom stereocenters. The number of primary amides is 1. The number of rotatable bonds is 2. The molecule has 2 N–H and O–H groups in total. The minimum atomic E-state index is -0.477. The number of urea groups is 1. The fraction of sp³-hybridized carbons (Fsp3) is 0.750. The lowest BCUT2D eigenvalue weighted by Crippen LogP contribution is -2.43.